The Kier molecular flexibility index (Phi) is 8.63. The van der Waals surface area contributed by atoms with E-state index in [0.717, 1.165) is 33.4 Å². The average molecular weight is 607 g/mol. The van der Waals surface area contributed by atoms with Crippen molar-refractivity contribution in [2.45, 2.75) is 66.2 Å². The van der Waals surface area contributed by atoms with Gasteiger partial charge in [0.25, 0.3) is 0 Å². The van der Waals surface area contributed by atoms with Gasteiger partial charge in [-0.15, -0.1) is 8.42 Å². The molecule has 0 aliphatic heterocycles. The second-order valence-corrected chi connectivity index (χ2v) is 13.2. The van der Waals surface area contributed by atoms with Crippen LogP contribution in [0.3, 0.4) is 0 Å². The zero-order chi connectivity index (χ0) is 31.0. The molecule has 0 saturated heterocycles. The predicted molar refractivity (Wildman–Crippen MR) is 170 cm³/mol. The number of aromatic hydroxyl groups is 1. The lowest BCUT2D eigenvalue weighted by Gasteiger charge is -2.29. The Morgan fingerprint density at radius 2 is 0.976 bits per heavy atom. The summed E-state index contributed by atoms with van der Waals surface area (Å²) in [4.78, 5) is 0. The van der Waals surface area contributed by atoms with Crippen LogP contribution in [0.1, 0.15) is 72.2 Å². The summed E-state index contributed by atoms with van der Waals surface area (Å²) >= 11 is 3.83. The molecule has 0 spiro atoms. The minimum Gasteiger partial charge on any atom is -0.507 e. The Morgan fingerprint density at radius 1 is 0.595 bits per heavy atom. The van der Waals surface area contributed by atoms with Gasteiger partial charge in [-0.2, -0.15) is 0 Å². The van der Waals surface area contributed by atoms with E-state index >= 15 is 0 Å². The van der Waals surface area contributed by atoms with Crippen LogP contribution in [0.5, 0.6) is 23.0 Å². The van der Waals surface area contributed by atoms with Crippen molar-refractivity contribution in [2.75, 3.05) is 0 Å². The Balaban J connectivity index is 1.53. The normalized spacial score (nSPS) is 12.2. The highest BCUT2D eigenvalue weighted by Crippen LogP contribution is 2.39. The van der Waals surface area contributed by atoms with Crippen molar-refractivity contribution in [1.82, 2.24) is 0 Å². The number of benzene rings is 4. The van der Waals surface area contributed by atoms with Crippen molar-refractivity contribution >= 4 is 23.3 Å². The van der Waals surface area contributed by atoms with Gasteiger partial charge in [0.05, 0.1) is 0 Å². The van der Waals surface area contributed by atoms with Crippen LogP contribution in [0.4, 0.5) is 0 Å². The molecule has 0 fully saturated rings. The molecule has 0 aliphatic rings. The summed E-state index contributed by atoms with van der Waals surface area (Å²) in [5.74, 6) is 1.33. The topological polar surface area (TPSA) is 82.1 Å². The van der Waals surface area contributed by atoms with E-state index in [1.165, 1.54) is 0 Å². The molecule has 0 bridgehead atoms. The summed E-state index contributed by atoms with van der Waals surface area (Å²) in [6.07, 6.45) is 0. The summed E-state index contributed by atoms with van der Waals surface area (Å²) in [6.45, 7) is 15.8. The molecule has 4 rings (SSSR count). The van der Waals surface area contributed by atoms with Gasteiger partial charge in [-0.25, -0.2) is 0 Å². The van der Waals surface area contributed by atoms with Crippen LogP contribution in [0, 0.1) is 27.7 Å². The molecule has 42 heavy (non-hydrogen) atoms. The van der Waals surface area contributed by atoms with Crippen LogP contribution in [-0.4, -0.2) is 13.5 Å². The summed E-state index contributed by atoms with van der Waals surface area (Å²) in [6, 6.07) is 22.4. The monoisotopic (exact) mass is 606 g/mol. The average Bonchev–Trinajstić information content (AvgIpc) is 2.93. The summed E-state index contributed by atoms with van der Waals surface area (Å²) in [5, 5.41) is 10.2. The lowest BCUT2D eigenvalue weighted by molar-refractivity contribution is 0.390. The van der Waals surface area contributed by atoms with E-state index < -0.39 is 15.8 Å². The number of phenolic OH excluding ortho intramolecular Hbond substituents is 1. The van der Waals surface area contributed by atoms with Gasteiger partial charge in [0, 0.05) is 23.7 Å². The van der Waals surface area contributed by atoms with Crippen LogP contribution < -0.4 is 12.5 Å². The summed E-state index contributed by atoms with van der Waals surface area (Å²) < 4.78 is 41.7. The Hall–Kier alpha value is -3.62. The fraction of sp³-hybridized carbons (Fsp3) is 0.294. The third-order valence-corrected chi connectivity index (χ3v) is 9.01. The quantitative estimate of drug-likeness (QED) is 0.148. The summed E-state index contributed by atoms with van der Waals surface area (Å²) in [7, 11) is -4.41. The summed E-state index contributed by atoms with van der Waals surface area (Å²) in [5.41, 5.74) is 6.31. The standard InChI is InChI=1S/C34H38O6S2/c1-21-17-27(18-22(2)31(21)35)34(7,8)28-19-23(3)32(24(4)20-28)40-42(36,37)39-30-15-11-26(12-16-30)33(5,6)25-9-13-29(38-41)14-10-25/h9-20,35,41H,1-8H3. The van der Waals surface area contributed by atoms with E-state index in [1.54, 1.807) is 12.1 Å². The van der Waals surface area contributed by atoms with Gasteiger partial charge in [-0.1, -0.05) is 76.2 Å². The van der Waals surface area contributed by atoms with E-state index in [-0.39, 0.29) is 16.9 Å². The Morgan fingerprint density at radius 3 is 1.40 bits per heavy atom. The van der Waals surface area contributed by atoms with Crippen molar-refractivity contribution in [3.63, 3.8) is 0 Å². The molecule has 8 heteroatoms. The molecule has 0 heterocycles. The molecule has 6 nitrogen and oxygen atoms in total. The van der Waals surface area contributed by atoms with Gasteiger partial charge < -0.3 is 17.7 Å². The van der Waals surface area contributed by atoms with Crippen LogP contribution in [0.15, 0.2) is 72.8 Å². The first-order chi connectivity index (χ1) is 19.5. The molecule has 222 valence electrons. The first-order valence-electron chi connectivity index (χ1n) is 13.6. The predicted octanol–water partition coefficient (Wildman–Crippen LogP) is 8.20. The van der Waals surface area contributed by atoms with Crippen molar-refractivity contribution in [3.05, 3.63) is 117 Å². The molecule has 0 amide bonds. The van der Waals surface area contributed by atoms with E-state index in [2.05, 4.69) is 40.6 Å². The number of phenols is 1. The maximum absolute atomic E-state index is 13.0. The number of rotatable bonds is 9. The van der Waals surface area contributed by atoms with Crippen molar-refractivity contribution in [2.24, 2.45) is 0 Å². The SMILES string of the molecule is Cc1cc(C(C)(C)c2cc(C)c(OS(=O)(=O)Oc3ccc(C(C)(C)c4ccc(OS)cc4)cc3)c(C)c2)cc(C)c1O. The maximum Gasteiger partial charge on any atom is 0.501 e. The fourth-order valence-electron chi connectivity index (χ4n) is 5.19. The molecular formula is C34H38O6S2. The van der Waals surface area contributed by atoms with Gasteiger partial charge in [0.1, 0.15) is 17.2 Å². The minimum absolute atomic E-state index is 0.152. The van der Waals surface area contributed by atoms with E-state index in [9.17, 15) is 13.5 Å². The van der Waals surface area contributed by atoms with Gasteiger partial charge in [0.15, 0.2) is 5.75 Å². The minimum atomic E-state index is -4.41. The first kappa shape index (κ1) is 31.3. The molecule has 4 aromatic carbocycles. The van der Waals surface area contributed by atoms with E-state index in [4.69, 9.17) is 12.5 Å². The van der Waals surface area contributed by atoms with Crippen molar-refractivity contribution < 1.29 is 26.1 Å². The highest BCUT2D eigenvalue weighted by atomic mass is 32.3. The third kappa shape index (κ3) is 6.40. The zero-order valence-corrected chi connectivity index (χ0v) is 27.0. The lowest BCUT2D eigenvalue weighted by atomic mass is 9.76. The molecule has 0 saturated carbocycles. The number of hydrogen-bond acceptors (Lipinski definition) is 7. The van der Waals surface area contributed by atoms with Crippen LogP contribution >= 0.6 is 12.9 Å². The lowest BCUT2D eigenvalue weighted by Crippen LogP contribution is -2.21. The number of hydrogen-bond donors (Lipinski definition) is 2. The van der Waals surface area contributed by atoms with Gasteiger partial charge in [0.2, 0.25) is 0 Å². The van der Waals surface area contributed by atoms with Crippen LogP contribution in [-0.2, 0) is 21.2 Å². The maximum atomic E-state index is 13.0. The van der Waals surface area contributed by atoms with Crippen molar-refractivity contribution in [3.8, 4) is 23.0 Å². The second kappa shape index (κ2) is 11.6. The van der Waals surface area contributed by atoms with E-state index in [0.29, 0.717) is 22.6 Å². The number of thiol groups is 1. The molecule has 0 radical (unpaired) electrons. The Labute approximate surface area is 255 Å². The van der Waals surface area contributed by atoms with E-state index in [1.807, 2.05) is 88.4 Å². The van der Waals surface area contributed by atoms with Gasteiger partial charge in [-0.3, -0.25) is 0 Å². The molecule has 0 unspecified atom stereocenters. The van der Waals surface area contributed by atoms with Crippen molar-refractivity contribution in [1.29, 1.82) is 0 Å². The Bertz CT molecular complexity index is 1660. The van der Waals surface area contributed by atoms with Crippen LogP contribution in [0.25, 0.3) is 0 Å². The molecule has 0 aromatic heterocycles. The van der Waals surface area contributed by atoms with Gasteiger partial charge >= 0.3 is 10.4 Å². The smallest absolute Gasteiger partial charge is 0.501 e. The molecule has 0 aliphatic carbocycles. The molecule has 0 atom stereocenters. The first-order valence-corrected chi connectivity index (χ1v) is 15.3. The second-order valence-electron chi connectivity index (χ2n) is 11.9. The zero-order valence-electron chi connectivity index (χ0n) is 25.3. The van der Waals surface area contributed by atoms with Gasteiger partial charge in [-0.05, 0) is 96.5 Å². The number of aryl methyl sites for hydroxylation is 4. The van der Waals surface area contributed by atoms with Crippen LogP contribution in [0.2, 0.25) is 0 Å². The highest BCUT2D eigenvalue weighted by molar-refractivity contribution is 7.82. The fourth-order valence-corrected chi connectivity index (χ4v) is 6.16. The molecule has 1 N–H and O–H groups in total. The largest absolute Gasteiger partial charge is 0.507 e. The third-order valence-electron chi connectivity index (χ3n) is 8.04. The molecular weight excluding hydrogens is 569 g/mol. The highest BCUT2D eigenvalue weighted by Gasteiger charge is 2.28. The molecule has 4 aromatic rings.